The number of hydrogen-bond donors (Lipinski definition) is 1. The highest BCUT2D eigenvalue weighted by Gasteiger charge is 2.35. The summed E-state index contributed by atoms with van der Waals surface area (Å²) in [5, 5.41) is 3.30. The summed E-state index contributed by atoms with van der Waals surface area (Å²) in [4.78, 5) is 14.2. The maximum absolute atomic E-state index is 12.1. The van der Waals surface area contributed by atoms with Crippen LogP contribution in [-0.2, 0) is 16.0 Å². The second kappa shape index (κ2) is 8.03. The highest BCUT2D eigenvalue weighted by molar-refractivity contribution is 5.81. The molecule has 118 valence electrons. The van der Waals surface area contributed by atoms with Crippen LogP contribution in [0.5, 0.6) is 0 Å². The zero-order chi connectivity index (χ0) is 15.9. The number of rotatable bonds is 8. The van der Waals surface area contributed by atoms with E-state index < -0.39 is 5.54 Å². The van der Waals surface area contributed by atoms with Crippen LogP contribution in [0.4, 0.5) is 5.69 Å². The van der Waals surface area contributed by atoms with Gasteiger partial charge in [0.1, 0.15) is 5.54 Å². The Labute approximate surface area is 128 Å². The van der Waals surface area contributed by atoms with Gasteiger partial charge in [0.25, 0.3) is 0 Å². The van der Waals surface area contributed by atoms with E-state index in [9.17, 15) is 4.79 Å². The largest absolute Gasteiger partial charge is 0.468 e. The molecule has 0 saturated carbocycles. The second-order valence-corrected chi connectivity index (χ2v) is 5.63. The average Bonchev–Trinajstić information content (AvgIpc) is 2.52. The molecule has 0 radical (unpaired) electrons. The minimum atomic E-state index is -0.705. The first-order valence-electron chi connectivity index (χ1n) is 7.60. The average molecular weight is 292 g/mol. The summed E-state index contributed by atoms with van der Waals surface area (Å²) >= 11 is 0. The van der Waals surface area contributed by atoms with Crippen LogP contribution in [0, 0.1) is 0 Å². The van der Waals surface area contributed by atoms with Gasteiger partial charge in [-0.05, 0) is 44.0 Å². The van der Waals surface area contributed by atoms with E-state index in [1.165, 1.54) is 12.7 Å². The fourth-order valence-corrected chi connectivity index (χ4v) is 2.37. The standard InChI is InChI=1S/C17H28N2O2/c1-6-12-18-17(3,16(20)21-5)13-19(4)15-10-8-14(7-2)9-11-15/h8-11,18H,6-7,12-13H2,1-5H3. The van der Waals surface area contributed by atoms with Gasteiger partial charge in [-0.2, -0.15) is 0 Å². The lowest BCUT2D eigenvalue weighted by atomic mass is 10.0. The van der Waals surface area contributed by atoms with E-state index in [1.54, 1.807) is 0 Å². The van der Waals surface area contributed by atoms with E-state index >= 15 is 0 Å². The number of likely N-dealkylation sites (N-methyl/N-ethyl adjacent to an activating group) is 1. The molecule has 0 saturated heterocycles. The lowest BCUT2D eigenvalue weighted by Gasteiger charge is -2.33. The second-order valence-electron chi connectivity index (χ2n) is 5.63. The van der Waals surface area contributed by atoms with E-state index in [1.807, 2.05) is 14.0 Å². The smallest absolute Gasteiger partial charge is 0.327 e. The number of ether oxygens (including phenoxy) is 1. The molecule has 0 aliphatic heterocycles. The molecule has 0 aromatic heterocycles. The van der Waals surface area contributed by atoms with Gasteiger partial charge in [0.05, 0.1) is 7.11 Å². The van der Waals surface area contributed by atoms with Gasteiger partial charge in [-0.15, -0.1) is 0 Å². The number of hydrogen-bond acceptors (Lipinski definition) is 4. The first-order chi connectivity index (χ1) is 9.96. The van der Waals surface area contributed by atoms with Crippen molar-refractivity contribution in [1.29, 1.82) is 0 Å². The van der Waals surface area contributed by atoms with Crippen molar-refractivity contribution in [2.75, 3.05) is 32.1 Å². The molecule has 0 fully saturated rings. The van der Waals surface area contributed by atoms with Crippen LogP contribution in [-0.4, -0.2) is 38.8 Å². The van der Waals surface area contributed by atoms with Crippen LogP contribution < -0.4 is 10.2 Å². The van der Waals surface area contributed by atoms with Crippen LogP contribution >= 0.6 is 0 Å². The van der Waals surface area contributed by atoms with Gasteiger partial charge < -0.3 is 15.0 Å². The lowest BCUT2D eigenvalue weighted by molar-refractivity contribution is -0.147. The van der Waals surface area contributed by atoms with E-state index in [0.29, 0.717) is 6.54 Å². The molecule has 1 unspecified atom stereocenters. The molecule has 1 N–H and O–H groups in total. The number of nitrogens with zero attached hydrogens (tertiary/aromatic N) is 1. The summed E-state index contributed by atoms with van der Waals surface area (Å²) in [5.41, 5.74) is 1.70. The topological polar surface area (TPSA) is 41.6 Å². The Balaban J connectivity index is 2.83. The fraction of sp³-hybridized carbons (Fsp3) is 0.588. The number of anilines is 1. The molecule has 0 spiro atoms. The molecule has 21 heavy (non-hydrogen) atoms. The summed E-state index contributed by atoms with van der Waals surface area (Å²) in [6.07, 6.45) is 2.00. The molecule has 0 bridgehead atoms. The number of esters is 1. The third-order valence-electron chi connectivity index (χ3n) is 3.74. The number of nitrogens with one attached hydrogen (secondary N) is 1. The number of aryl methyl sites for hydroxylation is 1. The molecule has 0 aliphatic carbocycles. The molecule has 1 rings (SSSR count). The van der Waals surface area contributed by atoms with Crippen molar-refractivity contribution in [2.45, 2.75) is 39.2 Å². The summed E-state index contributed by atoms with van der Waals surface area (Å²) < 4.78 is 4.96. The Morgan fingerprint density at radius 2 is 1.90 bits per heavy atom. The third-order valence-corrected chi connectivity index (χ3v) is 3.74. The van der Waals surface area contributed by atoms with Crippen LogP contribution in [0.2, 0.25) is 0 Å². The Bertz CT molecular complexity index is 445. The Morgan fingerprint density at radius 1 is 1.29 bits per heavy atom. The fourth-order valence-electron chi connectivity index (χ4n) is 2.37. The maximum Gasteiger partial charge on any atom is 0.327 e. The summed E-state index contributed by atoms with van der Waals surface area (Å²) in [6, 6.07) is 8.44. The van der Waals surface area contributed by atoms with Gasteiger partial charge >= 0.3 is 5.97 Å². The first-order valence-corrected chi connectivity index (χ1v) is 7.60. The Morgan fingerprint density at radius 3 is 2.38 bits per heavy atom. The highest BCUT2D eigenvalue weighted by Crippen LogP contribution is 2.18. The molecule has 1 atom stereocenters. The van der Waals surface area contributed by atoms with Gasteiger partial charge in [-0.1, -0.05) is 26.0 Å². The van der Waals surface area contributed by atoms with Crippen molar-refractivity contribution in [2.24, 2.45) is 0 Å². The molecular weight excluding hydrogens is 264 g/mol. The quantitative estimate of drug-likeness (QED) is 0.748. The summed E-state index contributed by atoms with van der Waals surface area (Å²) in [7, 11) is 3.43. The monoisotopic (exact) mass is 292 g/mol. The predicted molar refractivity (Wildman–Crippen MR) is 87.8 cm³/mol. The van der Waals surface area contributed by atoms with Crippen LogP contribution in [0.3, 0.4) is 0 Å². The minimum absolute atomic E-state index is 0.229. The molecule has 0 heterocycles. The van der Waals surface area contributed by atoms with E-state index in [2.05, 4.69) is 48.3 Å². The molecule has 1 aromatic rings. The molecule has 1 aromatic carbocycles. The van der Waals surface area contributed by atoms with Crippen LogP contribution in [0.15, 0.2) is 24.3 Å². The summed E-state index contributed by atoms with van der Waals surface area (Å²) in [5.74, 6) is -0.229. The van der Waals surface area contributed by atoms with Gasteiger partial charge in [0.15, 0.2) is 0 Å². The van der Waals surface area contributed by atoms with Crippen molar-refractivity contribution >= 4 is 11.7 Å². The van der Waals surface area contributed by atoms with E-state index in [0.717, 1.165) is 25.1 Å². The molecule has 0 aliphatic rings. The minimum Gasteiger partial charge on any atom is -0.468 e. The number of carbonyl (C=O) groups is 1. The van der Waals surface area contributed by atoms with E-state index in [4.69, 9.17) is 4.74 Å². The zero-order valence-corrected chi connectivity index (χ0v) is 13.9. The predicted octanol–water partition coefficient (Wildman–Crippen LogP) is 2.62. The van der Waals surface area contributed by atoms with Gasteiger partial charge in [-0.3, -0.25) is 0 Å². The van der Waals surface area contributed by atoms with Crippen LogP contribution in [0.1, 0.15) is 32.8 Å². The molecule has 0 amide bonds. The van der Waals surface area contributed by atoms with E-state index in [-0.39, 0.29) is 5.97 Å². The lowest BCUT2D eigenvalue weighted by Crippen LogP contribution is -2.57. The first kappa shape index (κ1) is 17.5. The molecule has 4 heteroatoms. The molecular formula is C17H28N2O2. The van der Waals surface area contributed by atoms with Crippen molar-refractivity contribution in [3.8, 4) is 0 Å². The normalized spacial score (nSPS) is 13.6. The zero-order valence-electron chi connectivity index (χ0n) is 13.9. The third kappa shape index (κ3) is 4.74. The maximum atomic E-state index is 12.1. The Hall–Kier alpha value is -1.55. The van der Waals surface area contributed by atoms with Crippen molar-refractivity contribution in [1.82, 2.24) is 5.32 Å². The van der Waals surface area contributed by atoms with Gasteiger partial charge in [0, 0.05) is 19.3 Å². The summed E-state index contributed by atoms with van der Waals surface area (Å²) in [6.45, 7) is 7.46. The van der Waals surface area contributed by atoms with Crippen LogP contribution in [0.25, 0.3) is 0 Å². The Kier molecular flexibility index (Phi) is 6.69. The molecule has 4 nitrogen and oxygen atoms in total. The SMILES string of the molecule is CCCNC(C)(CN(C)c1ccc(CC)cc1)C(=O)OC. The number of carbonyl (C=O) groups excluding carboxylic acids is 1. The number of benzene rings is 1. The number of methoxy groups -OCH3 is 1. The van der Waals surface area contributed by atoms with Crippen molar-refractivity contribution < 1.29 is 9.53 Å². The van der Waals surface area contributed by atoms with Crippen molar-refractivity contribution in [3.05, 3.63) is 29.8 Å². The van der Waals surface area contributed by atoms with Gasteiger partial charge in [-0.25, -0.2) is 4.79 Å². The highest BCUT2D eigenvalue weighted by atomic mass is 16.5. The van der Waals surface area contributed by atoms with Crippen molar-refractivity contribution in [3.63, 3.8) is 0 Å². The van der Waals surface area contributed by atoms with Gasteiger partial charge in [0.2, 0.25) is 0 Å².